The summed E-state index contributed by atoms with van der Waals surface area (Å²) >= 11 is 0. The summed E-state index contributed by atoms with van der Waals surface area (Å²) in [5, 5.41) is 3.63. The van der Waals surface area contributed by atoms with E-state index in [0.29, 0.717) is 6.04 Å². The van der Waals surface area contributed by atoms with Crippen LogP contribution in [-0.2, 0) is 0 Å². The number of fused-ring (bicyclic) bond motifs is 2. The summed E-state index contributed by atoms with van der Waals surface area (Å²) in [5.41, 5.74) is 1.14. The van der Waals surface area contributed by atoms with Crippen LogP contribution in [0.3, 0.4) is 0 Å². The van der Waals surface area contributed by atoms with E-state index in [-0.39, 0.29) is 0 Å². The average molecular weight is 228 g/mol. The molecule has 0 spiro atoms. The minimum atomic E-state index is 0.360. The normalized spacial score (nSPS) is 31.9. The molecule has 17 heavy (non-hydrogen) atoms. The summed E-state index contributed by atoms with van der Waals surface area (Å²) in [4.78, 5) is 4.40. The highest BCUT2D eigenvalue weighted by molar-refractivity contribution is 5.11. The van der Waals surface area contributed by atoms with Crippen LogP contribution in [0.2, 0.25) is 0 Å². The van der Waals surface area contributed by atoms with Crippen molar-refractivity contribution in [3.05, 3.63) is 42.2 Å². The second kappa shape index (κ2) is 4.61. The molecule has 1 aromatic heterocycles. The van der Waals surface area contributed by atoms with Gasteiger partial charge in [-0.3, -0.25) is 4.98 Å². The number of pyridine rings is 1. The molecule has 1 saturated carbocycles. The summed E-state index contributed by atoms with van der Waals surface area (Å²) in [5.74, 6) is 2.55. The summed E-state index contributed by atoms with van der Waals surface area (Å²) in [6, 6.07) is 6.48. The van der Waals surface area contributed by atoms with Gasteiger partial charge in [-0.05, 0) is 56.2 Å². The van der Waals surface area contributed by atoms with E-state index in [2.05, 4.69) is 41.5 Å². The zero-order valence-corrected chi connectivity index (χ0v) is 10.3. The molecule has 0 saturated heterocycles. The van der Waals surface area contributed by atoms with E-state index < -0.39 is 0 Å². The largest absolute Gasteiger partial charge is 0.309 e. The highest BCUT2D eigenvalue weighted by Gasteiger charge is 2.35. The second-order valence-electron chi connectivity index (χ2n) is 5.42. The molecule has 3 unspecified atom stereocenters. The zero-order chi connectivity index (χ0) is 11.7. The highest BCUT2D eigenvalue weighted by atomic mass is 14.9. The van der Waals surface area contributed by atoms with Gasteiger partial charge in [0.1, 0.15) is 0 Å². The van der Waals surface area contributed by atoms with Crippen molar-refractivity contribution < 1.29 is 0 Å². The fourth-order valence-corrected chi connectivity index (χ4v) is 3.19. The number of hydrogen-bond acceptors (Lipinski definition) is 2. The van der Waals surface area contributed by atoms with E-state index in [0.717, 1.165) is 30.0 Å². The summed E-state index contributed by atoms with van der Waals surface area (Å²) < 4.78 is 0. The van der Waals surface area contributed by atoms with Crippen molar-refractivity contribution in [3.8, 4) is 0 Å². The van der Waals surface area contributed by atoms with Crippen LogP contribution in [0.15, 0.2) is 36.5 Å². The SMILES string of the molecule is C[C@@H](NCC1CC2C=CC1C2)c1ccccn1. The van der Waals surface area contributed by atoms with Crippen LogP contribution in [-0.4, -0.2) is 11.5 Å². The Morgan fingerprint density at radius 3 is 2.94 bits per heavy atom. The van der Waals surface area contributed by atoms with Crippen LogP contribution >= 0.6 is 0 Å². The Morgan fingerprint density at radius 2 is 2.29 bits per heavy atom. The zero-order valence-electron chi connectivity index (χ0n) is 10.3. The van der Waals surface area contributed by atoms with Gasteiger partial charge in [0.15, 0.2) is 0 Å². The lowest BCUT2D eigenvalue weighted by molar-refractivity contribution is 0.391. The number of aromatic nitrogens is 1. The summed E-state index contributed by atoms with van der Waals surface area (Å²) in [6.45, 7) is 3.33. The van der Waals surface area contributed by atoms with Gasteiger partial charge in [-0.2, -0.15) is 0 Å². The molecule has 0 aliphatic heterocycles. The van der Waals surface area contributed by atoms with E-state index in [1.54, 1.807) is 0 Å². The predicted molar refractivity (Wildman–Crippen MR) is 69.5 cm³/mol. The number of rotatable bonds is 4. The number of nitrogens with zero attached hydrogens (tertiary/aromatic N) is 1. The Morgan fingerprint density at radius 1 is 1.35 bits per heavy atom. The van der Waals surface area contributed by atoms with Crippen molar-refractivity contribution in [2.24, 2.45) is 17.8 Å². The van der Waals surface area contributed by atoms with Crippen LogP contribution in [0.5, 0.6) is 0 Å². The molecule has 1 N–H and O–H groups in total. The topological polar surface area (TPSA) is 24.9 Å². The van der Waals surface area contributed by atoms with Crippen LogP contribution in [0, 0.1) is 17.8 Å². The number of hydrogen-bond donors (Lipinski definition) is 1. The lowest BCUT2D eigenvalue weighted by Crippen LogP contribution is -2.28. The fourth-order valence-electron chi connectivity index (χ4n) is 3.19. The van der Waals surface area contributed by atoms with Gasteiger partial charge in [0.25, 0.3) is 0 Å². The highest BCUT2D eigenvalue weighted by Crippen LogP contribution is 2.43. The van der Waals surface area contributed by atoms with E-state index in [9.17, 15) is 0 Å². The van der Waals surface area contributed by atoms with Crippen molar-refractivity contribution in [1.29, 1.82) is 0 Å². The standard InChI is InChI=1S/C15H20N2/c1-11(15-4-2-3-7-16-15)17-10-14-9-12-5-6-13(14)8-12/h2-7,11-14,17H,8-10H2,1H3/t11-,12?,13?,14?/m1/s1. The van der Waals surface area contributed by atoms with Crippen LogP contribution in [0.1, 0.15) is 31.5 Å². The maximum absolute atomic E-state index is 4.40. The van der Waals surface area contributed by atoms with Crippen LogP contribution < -0.4 is 5.32 Å². The molecule has 2 aliphatic carbocycles. The Labute approximate surface area is 103 Å². The molecule has 4 atom stereocenters. The summed E-state index contributed by atoms with van der Waals surface area (Å²) in [7, 11) is 0. The van der Waals surface area contributed by atoms with E-state index in [4.69, 9.17) is 0 Å². The lowest BCUT2D eigenvalue weighted by atomic mass is 9.93. The Bertz CT molecular complexity index is 399. The first kappa shape index (κ1) is 11.0. The predicted octanol–water partition coefficient (Wildman–Crippen LogP) is 2.94. The van der Waals surface area contributed by atoms with Gasteiger partial charge in [-0.15, -0.1) is 0 Å². The molecule has 2 nitrogen and oxygen atoms in total. The maximum atomic E-state index is 4.40. The molecular formula is C15H20N2. The molecule has 1 fully saturated rings. The molecule has 2 aliphatic rings. The summed E-state index contributed by atoms with van der Waals surface area (Å²) in [6.07, 6.45) is 9.47. The molecule has 0 aromatic carbocycles. The van der Waals surface area contributed by atoms with Crippen molar-refractivity contribution >= 4 is 0 Å². The van der Waals surface area contributed by atoms with Gasteiger partial charge < -0.3 is 5.32 Å². The lowest BCUT2D eigenvalue weighted by Gasteiger charge is -2.21. The quantitative estimate of drug-likeness (QED) is 0.801. The van der Waals surface area contributed by atoms with Gasteiger partial charge in [-0.1, -0.05) is 18.2 Å². The van der Waals surface area contributed by atoms with Gasteiger partial charge in [0, 0.05) is 12.2 Å². The molecule has 0 radical (unpaired) electrons. The molecule has 2 bridgehead atoms. The van der Waals surface area contributed by atoms with Crippen molar-refractivity contribution in [1.82, 2.24) is 10.3 Å². The first-order valence-corrected chi connectivity index (χ1v) is 6.65. The van der Waals surface area contributed by atoms with Gasteiger partial charge >= 0.3 is 0 Å². The molecular weight excluding hydrogens is 208 g/mol. The second-order valence-corrected chi connectivity index (χ2v) is 5.42. The minimum Gasteiger partial charge on any atom is -0.309 e. The number of nitrogens with one attached hydrogen (secondary N) is 1. The maximum Gasteiger partial charge on any atom is 0.0570 e. The molecule has 3 rings (SSSR count). The fraction of sp³-hybridized carbons (Fsp3) is 0.533. The van der Waals surface area contributed by atoms with E-state index >= 15 is 0 Å². The third kappa shape index (κ3) is 2.27. The third-order valence-electron chi connectivity index (χ3n) is 4.23. The Balaban J connectivity index is 1.53. The number of allylic oxidation sites excluding steroid dienone is 2. The Hall–Kier alpha value is -1.15. The molecule has 1 heterocycles. The first-order valence-electron chi connectivity index (χ1n) is 6.65. The van der Waals surface area contributed by atoms with Crippen molar-refractivity contribution in [2.45, 2.75) is 25.8 Å². The molecule has 1 aromatic rings. The van der Waals surface area contributed by atoms with Crippen molar-refractivity contribution in [3.63, 3.8) is 0 Å². The minimum absolute atomic E-state index is 0.360. The van der Waals surface area contributed by atoms with Gasteiger partial charge in [0.05, 0.1) is 5.69 Å². The molecule has 90 valence electrons. The van der Waals surface area contributed by atoms with Gasteiger partial charge in [0.2, 0.25) is 0 Å². The Kier molecular flexibility index (Phi) is 2.98. The molecule has 2 heteroatoms. The van der Waals surface area contributed by atoms with Crippen LogP contribution in [0.4, 0.5) is 0 Å². The monoisotopic (exact) mass is 228 g/mol. The smallest absolute Gasteiger partial charge is 0.0570 e. The first-order chi connectivity index (χ1) is 8.33. The van der Waals surface area contributed by atoms with Crippen LogP contribution in [0.25, 0.3) is 0 Å². The van der Waals surface area contributed by atoms with E-state index in [1.165, 1.54) is 12.8 Å². The third-order valence-corrected chi connectivity index (χ3v) is 4.23. The average Bonchev–Trinajstić information content (AvgIpc) is 2.99. The van der Waals surface area contributed by atoms with Gasteiger partial charge in [-0.25, -0.2) is 0 Å². The van der Waals surface area contributed by atoms with E-state index in [1.807, 2.05) is 12.3 Å². The molecule has 0 amide bonds. The van der Waals surface area contributed by atoms with Crippen molar-refractivity contribution in [2.75, 3.05) is 6.54 Å².